The van der Waals surface area contributed by atoms with Gasteiger partial charge in [0.2, 0.25) is 5.91 Å². The number of aryl methyl sites for hydroxylation is 2. The third-order valence-electron chi connectivity index (χ3n) is 6.10. The molecule has 5 rings (SSSR count). The number of carbonyl (C=O) groups excluding carboxylic acids is 1. The summed E-state index contributed by atoms with van der Waals surface area (Å²) in [6, 6.07) is 7.02. The van der Waals surface area contributed by atoms with Gasteiger partial charge in [0, 0.05) is 49.3 Å². The molecule has 1 aliphatic heterocycles. The zero-order chi connectivity index (χ0) is 24.7. The molecule has 4 aromatic rings. The molecule has 0 bridgehead atoms. The molecular weight excluding hydrogens is 447 g/mol. The molecule has 35 heavy (non-hydrogen) atoms. The Morgan fingerprint density at radius 1 is 1.20 bits per heavy atom. The first kappa shape index (κ1) is 23.2. The normalized spacial score (nSPS) is 14.5. The van der Waals surface area contributed by atoms with Crippen LogP contribution in [0.4, 0.5) is 4.39 Å². The van der Waals surface area contributed by atoms with Crippen LogP contribution in [0.3, 0.4) is 0 Å². The molecule has 1 fully saturated rings. The van der Waals surface area contributed by atoms with E-state index in [-0.39, 0.29) is 29.9 Å². The van der Waals surface area contributed by atoms with Crippen molar-refractivity contribution < 1.29 is 13.9 Å². The molecule has 8 nitrogen and oxygen atoms in total. The highest BCUT2D eigenvalue weighted by Gasteiger charge is 2.33. The molecule has 0 radical (unpaired) electrons. The van der Waals surface area contributed by atoms with E-state index in [9.17, 15) is 9.18 Å². The summed E-state index contributed by atoms with van der Waals surface area (Å²) in [5.41, 5.74) is 4.07. The highest BCUT2D eigenvalue weighted by Crippen LogP contribution is 2.30. The number of nitrogens with one attached hydrogen (secondary N) is 1. The molecule has 0 unspecified atom stereocenters. The minimum atomic E-state index is -0.345. The molecular formula is C26H29FN6O2. The Morgan fingerprint density at radius 3 is 2.69 bits per heavy atom. The average molecular weight is 477 g/mol. The summed E-state index contributed by atoms with van der Waals surface area (Å²) in [6.07, 6.45) is 5.84. The SMILES string of the molecule is Cn1cc(-c2cc3c(-c4ccc(CCC(=O)N5CC(OC(C)(C)C)C5)c(F)c4)ncnc3[nH]2)cn1. The highest BCUT2D eigenvalue weighted by molar-refractivity contribution is 5.94. The maximum atomic E-state index is 15.0. The van der Waals surface area contributed by atoms with Crippen LogP contribution in [0.15, 0.2) is 43.0 Å². The van der Waals surface area contributed by atoms with Crippen LogP contribution in [-0.2, 0) is 23.0 Å². The molecule has 1 aliphatic rings. The third kappa shape index (κ3) is 4.95. The van der Waals surface area contributed by atoms with Gasteiger partial charge in [-0.05, 0) is 44.9 Å². The number of aromatic nitrogens is 5. The number of halogens is 1. The Kier molecular flexibility index (Phi) is 5.88. The fraction of sp³-hybridized carbons (Fsp3) is 0.385. The number of hydrogen-bond acceptors (Lipinski definition) is 5. The largest absolute Gasteiger partial charge is 0.369 e. The van der Waals surface area contributed by atoms with E-state index in [0.717, 1.165) is 16.6 Å². The number of ether oxygens (including phenoxy) is 1. The monoisotopic (exact) mass is 476 g/mol. The van der Waals surface area contributed by atoms with Crippen LogP contribution in [0.2, 0.25) is 0 Å². The van der Waals surface area contributed by atoms with Crippen molar-refractivity contribution >= 4 is 16.9 Å². The molecule has 9 heteroatoms. The van der Waals surface area contributed by atoms with Crippen molar-refractivity contribution in [2.75, 3.05) is 13.1 Å². The number of benzene rings is 1. The van der Waals surface area contributed by atoms with Crippen molar-refractivity contribution in [3.63, 3.8) is 0 Å². The standard InChI is InChI=1S/C26H29FN6O2/c1-26(2,3)35-19-13-33(14-19)23(34)8-7-16-5-6-17(9-21(16)27)24-20-10-22(18-11-30-32(4)12-18)31-25(20)29-15-28-24/h5-6,9-12,15,19H,7-8,13-14H2,1-4H3,(H,28,29,31). The zero-order valence-corrected chi connectivity index (χ0v) is 20.4. The first-order valence-electron chi connectivity index (χ1n) is 11.7. The van der Waals surface area contributed by atoms with Crippen molar-refractivity contribution in [2.24, 2.45) is 7.05 Å². The fourth-order valence-electron chi connectivity index (χ4n) is 4.40. The molecule has 0 aliphatic carbocycles. The van der Waals surface area contributed by atoms with E-state index in [1.165, 1.54) is 12.4 Å². The fourth-order valence-corrected chi connectivity index (χ4v) is 4.40. The Hall–Kier alpha value is -3.59. The lowest BCUT2D eigenvalue weighted by atomic mass is 10.0. The topological polar surface area (TPSA) is 88.9 Å². The second-order valence-electron chi connectivity index (χ2n) is 10.0. The van der Waals surface area contributed by atoms with Gasteiger partial charge >= 0.3 is 0 Å². The second kappa shape index (κ2) is 8.88. The Morgan fingerprint density at radius 2 is 2.00 bits per heavy atom. The number of aromatic amines is 1. The summed E-state index contributed by atoms with van der Waals surface area (Å²) in [5.74, 6) is -0.322. The van der Waals surface area contributed by atoms with Gasteiger partial charge in [0.25, 0.3) is 0 Å². The van der Waals surface area contributed by atoms with Crippen LogP contribution in [0.5, 0.6) is 0 Å². The number of carbonyl (C=O) groups is 1. The number of likely N-dealkylation sites (tertiary alicyclic amines) is 1. The second-order valence-corrected chi connectivity index (χ2v) is 10.0. The average Bonchev–Trinajstić information content (AvgIpc) is 3.40. The number of hydrogen-bond donors (Lipinski definition) is 1. The van der Waals surface area contributed by atoms with Gasteiger partial charge in [-0.2, -0.15) is 5.10 Å². The van der Waals surface area contributed by atoms with E-state index in [1.54, 1.807) is 21.8 Å². The quantitative estimate of drug-likeness (QED) is 0.452. The Balaban J connectivity index is 1.27. The first-order chi connectivity index (χ1) is 16.7. The van der Waals surface area contributed by atoms with Gasteiger partial charge in [0.15, 0.2) is 0 Å². The summed E-state index contributed by atoms with van der Waals surface area (Å²) in [4.78, 5) is 26.3. The van der Waals surface area contributed by atoms with Crippen molar-refractivity contribution in [3.05, 3.63) is 54.4 Å². The van der Waals surface area contributed by atoms with Crippen LogP contribution in [0.1, 0.15) is 32.8 Å². The summed E-state index contributed by atoms with van der Waals surface area (Å²) in [5, 5.41) is 5.01. The van der Waals surface area contributed by atoms with Crippen LogP contribution in [-0.4, -0.2) is 60.3 Å². The summed E-state index contributed by atoms with van der Waals surface area (Å²) in [7, 11) is 1.86. The van der Waals surface area contributed by atoms with E-state index in [4.69, 9.17) is 4.74 Å². The Bertz CT molecular complexity index is 1380. The van der Waals surface area contributed by atoms with E-state index < -0.39 is 0 Å². The van der Waals surface area contributed by atoms with Crippen LogP contribution < -0.4 is 0 Å². The number of fused-ring (bicyclic) bond motifs is 1. The first-order valence-corrected chi connectivity index (χ1v) is 11.7. The number of H-pyrrole nitrogens is 1. The molecule has 1 amide bonds. The van der Waals surface area contributed by atoms with Gasteiger partial charge in [-0.3, -0.25) is 9.48 Å². The van der Waals surface area contributed by atoms with E-state index in [1.807, 2.05) is 46.1 Å². The summed E-state index contributed by atoms with van der Waals surface area (Å²) >= 11 is 0. The van der Waals surface area contributed by atoms with Gasteiger partial charge in [0.1, 0.15) is 17.8 Å². The molecule has 1 saturated heterocycles. The molecule has 0 spiro atoms. The van der Waals surface area contributed by atoms with E-state index >= 15 is 0 Å². The van der Waals surface area contributed by atoms with Crippen molar-refractivity contribution in [2.45, 2.75) is 45.3 Å². The maximum Gasteiger partial charge on any atom is 0.223 e. The molecule has 1 aromatic carbocycles. The smallest absolute Gasteiger partial charge is 0.223 e. The maximum absolute atomic E-state index is 15.0. The number of nitrogens with zero attached hydrogens (tertiary/aromatic N) is 5. The van der Waals surface area contributed by atoms with Crippen molar-refractivity contribution in [1.82, 2.24) is 29.6 Å². The lowest BCUT2D eigenvalue weighted by Gasteiger charge is -2.42. The molecule has 0 atom stereocenters. The lowest BCUT2D eigenvalue weighted by Crippen LogP contribution is -2.56. The molecule has 4 heterocycles. The highest BCUT2D eigenvalue weighted by atomic mass is 19.1. The summed E-state index contributed by atoms with van der Waals surface area (Å²) < 4.78 is 22.6. The van der Waals surface area contributed by atoms with Crippen LogP contribution in [0, 0.1) is 5.82 Å². The zero-order valence-electron chi connectivity index (χ0n) is 20.4. The minimum Gasteiger partial charge on any atom is -0.369 e. The predicted molar refractivity (Wildman–Crippen MR) is 131 cm³/mol. The predicted octanol–water partition coefficient (Wildman–Crippen LogP) is 4.12. The van der Waals surface area contributed by atoms with Gasteiger partial charge in [-0.15, -0.1) is 0 Å². The van der Waals surface area contributed by atoms with Gasteiger partial charge in [-0.1, -0.05) is 12.1 Å². The molecule has 1 N–H and O–H groups in total. The van der Waals surface area contributed by atoms with Gasteiger partial charge < -0.3 is 14.6 Å². The van der Waals surface area contributed by atoms with Crippen molar-refractivity contribution in [3.8, 4) is 22.5 Å². The third-order valence-corrected chi connectivity index (χ3v) is 6.10. The van der Waals surface area contributed by atoms with E-state index in [2.05, 4.69) is 20.1 Å². The van der Waals surface area contributed by atoms with Crippen LogP contribution in [0.25, 0.3) is 33.5 Å². The van der Waals surface area contributed by atoms with E-state index in [0.29, 0.717) is 42.0 Å². The van der Waals surface area contributed by atoms with Crippen molar-refractivity contribution in [1.29, 1.82) is 0 Å². The molecule has 182 valence electrons. The molecule has 0 saturated carbocycles. The molecule has 3 aromatic heterocycles. The van der Waals surface area contributed by atoms with Gasteiger partial charge in [0.05, 0.1) is 29.3 Å². The van der Waals surface area contributed by atoms with Crippen LogP contribution >= 0.6 is 0 Å². The lowest BCUT2D eigenvalue weighted by molar-refractivity contribution is -0.157. The summed E-state index contributed by atoms with van der Waals surface area (Å²) in [6.45, 7) is 7.21. The number of rotatable bonds is 6. The van der Waals surface area contributed by atoms with Gasteiger partial charge in [-0.25, -0.2) is 14.4 Å². The Labute approximate surface area is 203 Å². The minimum absolute atomic E-state index is 0.0231. The number of amides is 1.